The van der Waals surface area contributed by atoms with Gasteiger partial charge in [-0.2, -0.15) is 0 Å². The molecule has 0 spiro atoms. The molecule has 1 aromatic rings. The van der Waals surface area contributed by atoms with Crippen molar-refractivity contribution in [3.05, 3.63) is 29.8 Å². The van der Waals surface area contributed by atoms with Gasteiger partial charge in [0.1, 0.15) is 0 Å². The molecule has 0 saturated heterocycles. The predicted octanol–water partition coefficient (Wildman–Crippen LogP) is 1.67. The van der Waals surface area contributed by atoms with Crippen molar-refractivity contribution < 1.29 is 19.8 Å². The number of thioether (sulfide) groups is 1. The van der Waals surface area contributed by atoms with E-state index in [1.54, 1.807) is 18.2 Å². The van der Waals surface area contributed by atoms with Crippen LogP contribution < -0.4 is 5.73 Å². The summed E-state index contributed by atoms with van der Waals surface area (Å²) < 4.78 is 0. The first-order valence-corrected chi connectivity index (χ1v) is 6.41. The van der Waals surface area contributed by atoms with Crippen molar-refractivity contribution in [2.75, 3.05) is 5.75 Å². The van der Waals surface area contributed by atoms with E-state index in [1.807, 2.05) is 0 Å². The Balaban J connectivity index is 2.53. The third-order valence-corrected chi connectivity index (χ3v) is 3.56. The first-order chi connectivity index (χ1) is 8.50. The molecule has 6 heteroatoms. The number of carboxylic acids is 2. The monoisotopic (exact) mass is 269 g/mol. The number of carboxylic acid groups (broad SMARTS) is 2. The molecular formula is C12H15NO4S. The molecule has 0 aromatic heterocycles. The van der Waals surface area contributed by atoms with Crippen LogP contribution in [0.25, 0.3) is 0 Å². The summed E-state index contributed by atoms with van der Waals surface area (Å²) in [5.74, 6) is -1.35. The van der Waals surface area contributed by atoms with Gasteiger partial charge in [0, 0.05) is 23.1 Å². The highest BCUT2D eigenvalue weighted by Crippen LogP contribution is 2.23. The second-order valence-corrected chi connectivity index (χ2v) is 4.87. The van der Waals surface area contributed by atoms with Gasteiger partial charge in [0.25, 0.3) is 0 Å². The van der Waals surface area contributed by atoms with Crippen molar-refractivity contribution in [1.29, 1.82) is 0 Å². The first kappa shape index (κ1) is 14.5. The molecule has 1 rings (SSSR count). The van der Waals surface area contributed by atoms with Gasteiger partial charge in [-0.1, -0.05) is 12.1 Å². The van der Waals surface area contributed by atoms with Crippen LogP contribution in [0.1, 0.15) is 23.2 Å². The largest absolute Gasteiger partial charge is 0.481 e. The summed E-state index contributed by atoms with van der Waals surface area (Å²) in [6.45, 7) is 0. The smallest absolute Gasteiger partial charge is 0.336 e. The third-order valence-electron chi connectivity index (χ3n) is 2.30. The number of aromatic carboxylic acids is 1. The molecule has 0 bridgehead atoms. The zero-order valence-corrected chi connectivity index (χ0v) is 10.5. The Hall–Kier alpha value is -1.53. The number of hydrogen-bond donors (Lipinski definition) is 3. The van der Waals surface area contributed by atoms with Crippen molar-refractivity contribution in [3.8, 4) is 0 Å². The van der Waals surface area contributed by atoms with Crippen LogP contribution in [-0.4, -0.2) is 33.9 Å². The molecule has 5 nitrogen and oxygen atoms in total. The quantitative estimate of drug-likeness (QED) is 0.651. The Morgan fingerprint density at radius 2 is 1.94 bits per heavy atom. The van der Waals surface area contributed by atoms with E-state index in [0.717, 1.165) is 0 Å². The van der Waals surface area contributed by atoms with Crippen LogP contribution in [0.4, 0.5) is 0 Å². The minimum absolute atomic E-state index is 0.0301. The highest BCUT2D eigenvalue weighted by atomic mass is 32.2. The summed E-state index contributed by atoms with van der Waals surface area (Å²) in [6, 6.07) is 6.42. The molecule has 0 amide bonds. The Morgan fingerprint density at radius 1 is 1.28 bits per heavy atom. The van der Waals surface area contributed by atoms with Gasteiger partial charge in [0.2, 0.25) is 0 Å². The van der Waals surface area contributed by atoms with Gasteiger partial charge < -0.3 is 15.9 Å². The molecule has 0 aliphatic heterocycles. The fraction of sp³-hybridized carbons (Fsp3) is 0.333. The van der Waals surface area contributed by atoms with E-state index in [2.05, 4.69) is 0 Å². The second kappa shape index (κ2) is 7.03. The van der Waals surface area contributed by atoms with Crippen molar-refractivity contribution in [2.45, 2.75) is 23.8 Å². The van der Waals surface area contributed by atoms with Gasteiger partial charge in [-0.15, -0.1) is 11.8 Å². The summed E-state index contributed by atoms with van der Waals surface area (Å²) >= 11 is 1.34. The van der Waals surface area contributed by atoms with Crippen molar-refractivity contribution >= 4 is 23.7 Å². The molecule has 4 N–H and O–H groups in total. The van der Waals surface area contributed by atoms with Gasteiger partial charge in [-0.3, -0.25) is 4.79 Å². The molecule has 0 heterocycles. The molecule has 0 saturated carbocycles. The van der Waals surface area contributed by atoms with Crippen LogP contribution in [0.5, 0.6) is 0 Å². The number of rotatable bonds is 7. The van der Waals surface area contributed by atoms with Gasteiger partial charge in [0.15, 0.2) is 0 Å². The maximum absolute atomic E-state index is 11.0. The van der Waals surface area contributed by atoms with Crippen LogP contribution in [0.2, 0.25) is 0 Å². The molecule has 98 valence electrons. The van der Waals surface area contributed by atoms with Crippen molar-refractivity contribution in [3.63, 3.8) is 0 Å². The second-order valence-electron chi connectivity index (χ2n) is 3.80. The minimum Gasteiger partial charge on any atom is -0.481 e. The van der Waals surface area contributed by atoms with Crippen LogP contribution in [0.15, 0.2) is 29.2 Å². The van der Waals surface area contributed by atoms with Crippen LogP contribution >= 0.6 is 11.8 Å². The molecule has 18 heavy (non-hydrogen) atoms. The van der Waals surface area contributed by atoms with E-state index in [9.17, 15) is 9.59 Å². The molecule has 1 atom stereocenters. The third kappa shape index (κ3) is 4.77. The Kier molecular flexibility index (Phi) is 5.67. The lowest BCUT2D eigenvalue weighted by Crippen LogP contribution is -2.23. The lowest BCUT2D eigenvalue weighted by Gasteiger charge is -2.11. The molecule has 0 fully saturated rings. The Labute approximate surface area is 109 Å². The SMILES string of the molecule is N[C@@H](CCC(=O)O)CSc1ccccc1C(=O)O. The van der Waals surface area contributed by atoms with Gasteiger partial charge in [-0.25, -0.2) is 4.79 Å². The number of benzene rings is 1. The first-order valence-electron chi connectivity index (χ1n) is 5.43. The van der Waals surface area contributed by atoms with E-state index in [4.69, 9.17) is 15.9 Å². The summed E-state index contributed by atoms with van der Waals surface area (Å²) in [4.78, 5) is 22.0. The van der Waals surface area contributed by atoms with Crippen LogP contribution in [0, 0.1) is 0 Å². The average Bonchev–Trinajstić information content (AvgIpc) is 2.34. The van der Waals surface area contributed by atoms with E-state index in [1.165, 1.54) is 17.8 Å². The van der Waals surface area contributed by atoms with Crippen molar-refractivity contribution in [1.82, 2.24) is 0 Å². The fourth-order valence-electron chi connectivity index (χ4n) is 1.36. The maximum atomic E-state index is 11.0. The van der Waals surface area contributed by atoms with E-state index in [-0.39, 0.29) is 18.0 Å². The minimum atomic E-state index is -0.975. The summed E-state index contributed by atoms with van der Waals surface area (Å²) in [6.07, 6.45) is 0.417. The number of carbonyl (C=O) groups is 2. The number of aliphatic carboxylic acids is 1. The van der Waals surface area contributed by atoms with E-state index >= 15 is 0 Å². The lowest BCUT2D eigenvalue weighted by atomic mass is 10.2. The number of hydrogen-bond acceptors (Lipinski definition) is 4. The molecule has 0 aliphatic rings. The maximum Gasteiger partial charge on any atom is 0.336 e. The predicted molar refractivity (Wildman–Crippen MR) is 69.0 cm³/mol. The highest BCUT2D eigenvalue weighted by Gasteiger charge is 2.11. The van der Waals surface area contributed by atoms with E-state index in [0.29, 0.717) is 17.1 Å². The molecule has 0 unspecified atom stereocenters. The lowest BCUT2D eigenvalue weighted by molar-refractivity contribution is -0.137. The Morgan fingerprint density at radius 3 is 2.56 bits per heavy atom. The molecule has 1 aromatic carbocycles. The zero-order valence-electron chi connectivity index (χ0n) is 9.70. The van der Waals surface area contributed by atoms with Gasteiger partial charge in [0.05, 0.1) is 5.56 Å². The summed E-state index contributed by atoms with van der Waals surface area (Å²) in [5, 5.41) is 17.5. The van der Waals surface area contributed by atoms with Gasteiger partial charge in [-0.05, 0) is 18.6 Å². The van der Waals surface area contributed by atoms with Crippen LogP contribution in [0.3, 0.4) is 0 Å². The normalized spacial score (nSPS) is 12.1. The standard InChI is InChI=1S/C12H15NO4S/c13-8(5-6-11(14)15)7-18-10-4-2-1-3-9(10)12(16)17/h1-4,8H,5-7,13H2,(H,14,15)(H,16,17)/t8-/m0/s1. The van der Waals surface area contributed by atoms with Crippen LogP contribution in [-0.2, 0) is 4.79 Å². The highest BCUT2D eigenvalue weighted by molar-refractivity contribution is 7.99. The molecular weight excluding hydrogens is 254 g/mol. The summed E-state index contributed by atoms with van der Waals surface area (Å²) in [5.41, 5.74) is 6.01. The van der Waals surface area contributed by atoms with E-state index < -0.39 is 11.9 Å². The fourth-order valence-corrected chi connectivity index (χ4v) is 2.40. The summed E-state index contributed by atoms with van der Waals surface area (Å²) in [7, 11) is 0. The molecule has 0 aliphatic carbocycles. The average molecular weight is 269 g/mol. The zero-order chi connectivity index (χ0) is 13.5. The van der Waals surface area contributed by atoms with Crippen molar-refractivity contribution in [2.24, 2.45) is 5.73 Å². The topological polar surface area (TPSA) is 101 Å². The Bertz CT molecular complexity index is 436. The number of nitrogens with two attached hydrogens (primary N) is 1. The molecule has 0 radical (unpaired) electrons. The van der Waals surface area contributed by atoms with Gasteiger partial charge >= 0.3 is 11.9 Å².